The maximum atomic E-state index is 13.7. The number of pyridine rings is 1. The smallest absolute Gasteiger partial charge is 0.267 e. The molecule has 1 aromatic heterocycles. The van der Waals surface area contributed by atoms with Crippen LogP contribution in [0, 0.1) is 5.82 Å². The van der Waals surface area contributed by atoms with Crippen LogP contribution in [0.25, 0.3) is 0 Å². The molecule has 0 aliphatic carbocycles. The van der Waals surface area contributed by atoms with Crippen LogP contribution in [0.3, 0.4) is 0 Å². The third-order valence-corrected chi connectivity index (χ3v) is 5.14. The molecule has 0 unspecified atom stereocenters. The second-order valence-corrected chi connectivity index (χ2v) is 7.21. The number of nitrogens with zero attached hydrogens (tertiary/aromatic N) is 2. The van der Waals surface area contributed by atoms with Gasteiger partial charge >= 0.3 is 6.18 Å². The predicted molar refractivity (Wildman–Crippen MR) is 109 cm³/mol. The quantitative estimate of drug-likeness (QED) is 0.208. The van der Waals surface area contributed by atoms with Gasteiger partial charge in [-0.3, -0.25) is 4.84 Å². The number of hydrogen-bond acceptors (Lipinski definition) is 3. The van der Waals surface area contributed by atoms with E-state index in [4.69, 9.17) is 39.6 Å². The Morgan fingerprint density at radius 1 is 0.933 bits per heavy atom. The molecule has 0 saturated heterocycles. The minimum atomic E-state index is -4.74. The van der Waals surface area contributed by atoms with Crippen molar-refractivity contribution in [2.75, 3.05) is 11.7 Å². The molecule has 0 N–H and O–H groups in total. The molecule has 0 saturated carbocycles. The Morgan fingerprint density at radius 2 is 1.70 bits per heavy atom. The number of aromatic nitrogens is 1. The first kappa shape index (κ1) is 22.6. The molecule has 0 radical (unpaired) electrons. The van der Waals surface area contributed by atoms with E-state index in [0.717, 1.165) is 17.2 Å². The van der Waals surface area contributed by atoms with E-state index >= 15 is 0 Å². The second kappa shape index (κ2) is 9.39. The monoisotopic (exact) mass is 478 g/mol. The first-order valence-corrected chi connectivity index (χ1v) is 9.65. The van der Waals surface area contributed by atoms with E-state index in [9.17, 15) is 17.6 Å². The molecule has 0 spiro atoms. The summed E-state index contributed by atoms with van der Waals surface area (Å²) < 4.78 is 54.7. The van der Waals surface area contributed by atoms with Crippen LogP contribution in [0.2, 0.25) is 15.1 Å². The van der Waals surface area contributed by atoms with Gasteiger partial charge in [0.15, 0.2) is 5.82 Å². The number of anilines is 2. The van der Waals surface area contributed by atoms with Gasteiger partial charge in [-0.25, -0.2) is 14.4 Å². The molecule has 0 amide bonds. The lowest BCUT2D eigenvalue weighted by Crippen LogP contribution is -2.24. The Balaban J connectivity index is 1.95. The molecule has 3 nitrogen and oxygen atoms in total. The molecule has 158 valence electrons. The molecule has 30 heavy (non-hydrogen) atoms. The van der Waals surface area contributed by atoms with E-state index in [-0.39, 0.29) is 40.1 Å². The van der Waals surface area contributed by atoms with Crippen molar-refractivity contribution in [3.8, 4) is 0 Å². The van der Waals surface area contributed by atoms with Gasteiger partial charge in [0.2, 0.25) is 0 Å². The molecule has 0 aliphatic heterocycles. The molecule has 3 rings (SSSR count). The average Bonchev–Trinajstić information content (AvgIpc) is 2.70. The third-order valence-electron chi connectivity index (χ3n) is 4.06. The van der Waals surface area contributed by atoms with Gasteiger partial charge < -0.3 is 0 Å². The second-order valence-electron chi connectivity index (χ2n) is 6.02. The van der Waals surface area contributed by atoms with Crippen molar-refractivity contribution in [3.05, 3.63) is 86.7 Å². The zero-order valence-electron chi connectivity index (χ0n) is 15.1. The summed E-state index contributed by atoms with van der Waals surface area (Å²) in [7, 11) is 0. The van der Waals surface area contributed by atoms with Gasteiger partial charge in [-0.2, -0.15) is 13.2 Å². The fourth-order valence-electron chi connectivity index (χ4n) is 2.73. The van der Waals surface area contributed by atoms with Gasteiger partial charge in [0.1, 0.15) is 11.4 Å². The van der Waals surface area contributed by atoms with Crippen molar-refractivity contribution in [2.24, 2.45) is 0 Å². The molecule has 3 aromatic rings. The largest absolute Gasteiger partial charge is 0.419 e. The SMILES string of the molecule is Fc1ccc(Cl)c(CCON(c2ccccn2)c2cccc(Cl)c2C(F)(F)F)c1Cl. The van der Waals surface area contributed by atoms with Crippen LogP contribution in [0.15, 0.2) is 54.7 Å². The van der Waals surface area contributed by atoms with Gasteiger partial charge in [0, 0.05) is 17.6 Å². The first-order chi connectivity index (χ1) is 14.2. The highest BCUT2D eigenvalue weighted by atomic mass is 35.5. The Hall–Kier alpha value is -2.06. The highest BCUT2D eigenvalue weighted by Gasteiger charge is 2.38. The Morgan fingerprint density at radius 3 is 2.37 bits per heavy atom. The summed E-state index contributed by atoms with van der Waals surface area (Å²) in [6.07, 6.45) is -3.29. The van der Waals surface area contributed by atoms with E-state index in [1.807, 2.05) is 0 Å². The Labute approximate surface area is 184 Å². The summed E-state index contributed by atoms with van der Waals surface area (Å²) in [6, 6.07) is 10.9. The normalized spacial score (nSPS) is 11.6. The van der Waals surface area contributed by atoms with Crippen LogP contribution in [-0.2, 0) is 17.4 Å². The number of halogens is 7. The van der Waals surface area contributed by atoms with Crippen molar-refractivity contribution in [2.45, 2.75) is 12.6 Å². The lowest BCUT2D eigenvalue weighted by Gasteiger charge is -2.26. The number of hydrogen-bond donors (Lipinski definition) is 0. The summed E-state index contributed by atoms with van der Waals surface area (Å²) in [5.74, 6) is -0.562. The molecule has 0 aliphatic rings. The van der Waals surface area contributed by atoms with Gasteiger partial charge in [-0.15, -0.1) is 0 Å². The Bertz CT molecular complexity index is 1030. The van der Waals surface area contributed by atoms with Crippen LogP contribution in [0.4, 0.5) is 29.1 Å². The molecule has 0 fully saturated rings. The van der Waals surface area contributed by atoms with Gasteiger partial charge in [-0.1, -0.05) is 46.9 Å². The summed E-state index contributed by atoms with van der Waals surface area (Å²) >= 11 is 17.8. The van der Waals surface area contributed by atoms with Crippen molar-refractivity contribution >= 4 is 46.3 Å². The number of alkyl halides is 3. The van der Waals surface area contributed by atoms with Crippen LogP contribution in [-0.4, -0.2) is 11.6 Å². The van der Waals surface area contributed by atoms with Gasteiger partial charge in [0.05, 0.1) is 22.3 Å². The maximum Gasteiger partial charge on any atom is 0.419 e. The highest BCUT2D eigenvalue weighted by Crippen LogP contribution is 2.43. The minimum Gasteiger partial charge on any atom is -0.267 e. The standard InChI is InChI=1S/C20H13Cl3F4N2O/c21-13-7-8-15(24)19(23)12(13)9-11-30-29(17-6-1-2-10-28-17)16-5-3-4-14(22)18(16)20(25,26)27/h1-8,10H,9,11H2. The first-order valence-electron chi connectivity index (χ1n) is 8.52. The van der Waals surface area contributed by atoms with E-state index in [1.54, 1.807) is 12.1 Å². The minimum absolute atomic E-state index is 0.0423. The molecular formula is C20H13Cl3F4N2O. The molecule has 10 heteroatoms. The molecular weight excluding hydrogens is 467 g/mol. The summed E-state index contributed by atoms with van der Waals surface area (Å²) in [5, 5.41) is 0.485. The van der Waals surface area contributed by atoms with Crippen LogP contribution >= 0.6 is 34.8 Å². The van der Waals surface area contributed by atoms with Gasteiger partial charge in [0.25, 0.3) is 0 Å². The van der Waals surface area contributed by atoms with E-state index in [0.29, 0.717) is 0 Å². The van der Waals surface area contributed by atoms with E-state index < -0.39 is 22.6 Å². The fraction of sp³-hybridized carbons (Fsp3) is 0.150. The van der Waals surface area contributed by atoms with Crippen LogP contribution in [0.1, 0.15) is 11.1 Å². The van der Waals surface area contributed by atoms with Crippen LogP contribution < -0.4 is 5.06 Å². The topological polar surface area (TPSA) is 25.4 Å². The predicted octanol–water partition coefficient (Wildman–Crippen LogP) is 7.51. The van der Waals surface area contributed by atoms with Crippen molar-refractivity contribution in [1.82, 2.24) is 4.98 Å². The van der Waals surface area contributed by atoms with Crippen molar-refractivity contribution in [3.63, 3.8) is 0 Å². The van der Waals surface area contributed by atoms with Crippen molar-refractivity contribution < 1.29 is 22.4 Å². The highest BCUT2D eigenvalue weighted by molar-refractivity contribution is 6.36. The van der Waals surface area contributed by atoms with Crippen molar-refractivity contribution in [1.29, 1.82) is 0 Å². The maximum absolute atomic E-state index is 13.7. The van der Waals surface area contributed by atoms with Crippen LogP contribution in [0.5, 0.6) is 0 Å². The summed E-state index contributed by atoms with van der Waals surface area (Å²) in [5.41, 5.74) is -1.13. The molecule has 0 atom stereocenters. The lowest BCUT2D eigenvalue weighted by molar-refractivity contribution is -0.137. The zero-order chi connectivity index (χ0) is 21.9. The van der Waals surface area contributed by atoms with E-state index in [1.165, 1.54) is 30.5 Å². The number of benzene rings is 2. The fourth-order valence-corrected chi connectivity index (χ4v) is 3.57. The average molecular weight is 480 g/mol. The van der Waals surface area contributed by atoms with E-state index in [2.05, 4.69) is 4.98 Å². The van der Waals surface area contributed by atoms with Gasteiger partial charge in [-0.05, 0) is 42.0 Å². The Kier molecular flexibility index (Phi) is 7.08. The lowest BCUT2D eigenvalue weighted by atomic mass is 10.1. The molecule has 2 aromatic carbocycles. The molecule has 0 bridgehead atoms. The molecule has 1 heterocycles. The zero-order valence-corrected chi connectivity index (χ0v) is 17.3. The summed E-state index contributed by atoms with van der Waals surface area (Å²) in [6.45, 7) is -0.163. The third kappa shape index (κ3) is 4.98. The number of rotatable bonds is 6. The summed E-state index contributed by atoms with van der Waals surface area (Å²) in [4.78, 5) is 9.69.